The van der Waals surface area contributed by atoms with Crippen LogP contribution in [-0.2, 0) is 9.47 Å². The van der Waals surface area contributed by atoms with Gasteiger partial charge in [0, 0.05) is 13.0 Å². The van der Waals surface area contributed by atoms with Crippen LogP contribution in [0.5, 0.6) is 0 Å². The number of hydrogen-bond donors (Lipinski definition) is 0. The molecule has 0 spiro atoms. The first-order valence-corrected chi connectivity index (χ1v) is 10.3. The molecule has 0 aliphatic heterocycles. The van der Waals surface area contributed by atoms with Gasteiger partial charge in [0.15, 0.2) is 6.29 Å². The molecular weight excluding hydrogens is 310 g/mol. The third-order valence-corrected chi connectivity index (χ3v) is 8.60. The van der Waals surface area contributed by atoms with Crippen molar-refractivity contribution in [1.82, 2.24) is 0 Å². The first kappa shape index (κ1) is 19.2. The van der Waals surface area contributed by atoms with E-state index in [-0.39, 0.29) is 23.2 Å². The first-order valence-electron chi connectivity index (χ1n) is 10.3. The highest BCUT2D eigenvalue weighted by molar-refractivity contribution is 5.15. The van der Waals surface area contributed by atoms with Crippen molar-refractivity contribution in [2.24, 2.45) is 34.5 Å². The van der Waals surface area contributed by atoms with Crippen molar-refractivity contribution in [3.63, 3.8) is 0 Å². The fraction of sp³-hybridized carbons (Fsp3) is 0.955. The summed E-state index contributed by atoms with van der Waals surface area (Å²) in [7, 11) is 1.74. The van der Waals surface area contributed by atoms with Crippen LogP contribution >= 0.6 is 0 Å². The molecule has 4 bridgehead atoms. The standard InChI is InChI=1S/C22H37NO2/c1-7-20(4,10-15(2)14-23)22-11-17-8-18(12-22)21(5,19(9-17)13-22)25-16(3)24-6/h15-19H,7-13H2,1-6H3. The quantitative estimate of drug-likeness (QED) is 0.567. The lowest BCUT2D eigenvalue weighted by Gasteiger charge is -2.68. The Labute approximate surface area is 154 Å². The molecule has 3 nitrogen and oxygen atoms in total. The molecule has 0 aromatic heterocycles. The van der Waals surface area contributed by atoms with Gasteiger partial charge in [-0.2, -0.15) is 5.26 Å². The predicted molar refractivity (Wildman–Crippen MR) is 99.7 cm³/mol. The molecule has 0 N–H and O–H groups in total. The Morgan fingerprint density at radius 2 is 1.80 bits per heavy atom. The van der Waals surface area contributed by atoms with Crippen molar-refractivity contribution < 1.29 is 9.47 Å². The number of rotatable bonds is 7. The summed E-state index contributed by atoms with van der Waals surface area (Å²) in [6.07, 6.45) is 8.64. The van der Waals surface area contributed by atoms with Crippen LogP contribution in [0.4, 0.5) is 0 Å². The zero-order chi connectivity index (χ0) is 18.5. The molecule has 0 heterocycles. The first-order chi connectivity index (χ1) is 11.7. The third kappa shape index (κ3) is 2.94. The molecule has 25 heavy (non-hydrogen) atoms. The van der Waals surface area contributed by atoms with Gasteiger partial charge in [0.25, 0.3) is 0 Å². The van der Waals surface area contributed by atoms with Crippen molar-refractivity contribution >= 4 is 0 Å². The Morgan fingerprint density at radius 1 is 1.20 bits per heavy atom. The van der Waals surface area contributed by atoms with Gasteiger partial charge in [0.05, 0.1) is 11.7 Å². The molecule has 0 aromatic carbocycles. The van der Waals surface area contributed by atoms with Crippen molar-refractivity contribution in [2.45, 2.75) is 91.5 Å². The summed E-state index contributed by atoms with van der Waals surface area (Å²) in [5.41, 5.74) is 0.639. The minimum Gasteiger partial charge on any atom is -0.356 e. The van der Waals surface area contributed by atoms with Crippen molar-refractivity contribution in [2.75, 3.05) is 7.11 Å². The lowest BCUT2D eigenvalue weighted by atomic mass is 9.38. The number of nitriles is 1. The molecule has 0 saturated heterocycles. The van der Waals surface area contributed by atoms with E-state index in [0.29, 0.717) is 17.3 Å². The van der Waals surface area contributed by atoms with Gasteiger partial charge in [-0.25, -0.2) is 0 Å². The largest absolute Gasteiger partial charge is 0.356 e. The molecule has 0 radical (unpaired) electrons. The SMILES string of the molecule is CCC(C)(CC(C)C#N)C12CC3CC(C1)C(C)(OC(C)OC)C(C3)C2. The zero-order valence-electron chi connectivity index (χ0n) is 17.1. The molecule has 4 saturated carbocycles. The Hall–Kier alpha value is -0.590. The highest BCUT2D eigenvalue weighted by Crippen LogP contribution is 2.70. The average molecular weight is 348 g/mol. The lowest BCUT2D eigenvalue weighted by molar-refractivity contribution is -0.288. The molecule has 4 aliphatic rings. The van der Waals surface area contributed by atoms with Gasteiger partial charge in [-0.3, -0.25) is 0 Å². The lowest BCUT2D eigenvalue weighted by Crippen LogP contribution is -2.64. The summed E-state index contributed by atoms with van der Waals surface area (Å²) < 4.78 is 11.9. The summed E-state index contributed by atoms with van der Waals surface area (Å²) in [5, 5.41) is 9.40. The Balaban J connectivity index is 1.89. The second-order valence-corrected chi connectivity index (χ2v) is 9.88. The van der Waals surface area contributed by atoms with E-state index in [1.54, 1.807) is 7.11 Å². The maximum absolute atomic E-state index is 9.40. The summed E-state index contributed by atoms with van der Waals surface area (Å²) in [4.78, 5) is 0. The molecule has 5 atom stereocenters. The van der Waals surface area contributed by atoms with Crippen LogP contribution in [0.1, 0.15) is 79.6 Å². The third-order valence-electron chi connectivity index (χ3n) is 8.60. The highest BCUT2D eigenvalue weighted by Gasteiger charge is 2.65. The highest BCUT2D eigenvalue weighted by atomic mass is 16.7. The molecule has 4 aliphatic carbocycles. The molecule has 4 rings (SSSR count). The van der Waals surface area contributed by atoms with Gasteiger partial charge in [0.2, 0.25) is 0 Å². The monoisotopic (exact) mass is 347 g/mol. The predicted octanol–water partition coefficient (Wildman–Crippen LogP) is 5.55. The fourth-order valence-electron chi connectivity index (χ4n) is 6.98. The Morgan fingerprint density at radius 3 is 2.28 bits per heavy atom. The van der Waals surface area contributed by atoms with Crippen LogP contribution in [0.15, 0.2) is 0 Å². The van der Waals surface area contributed by atoms with Crippen LogP contribution in [0.2, 0.25) is 0 Å². The van der Waals surface area contributed by atoms with E-state index >= 15 is 0 Å². The Kier molecular flexibility index (Phi) is 5.01. The van der Waals surface area contributed by atoms with E-state index < -0.39 is 0 Å². The van der Waals surface area contributed by atoms with Gasteiger partial charge < -0.3 is 9.47 Å². The number of nitrogens with zero attached hydrogens (tertiary/aromatic N) is 1. The maximum atomic E-state index is 9.40. The van der Waals surface area contributed by atoms with Crippen molar-refractivity contribution in [3.05, 3.63) is 0 Å². The van der Waals surface area contributed by atoms with Crippen molar-refractivity contribution in [1.29, 1.82) is 5.26 Å². The number of hydrogen-bond acceptors (Lipinski definition) is 3. The minimum atomic E-state index is -0.130. The van der Waals surface area contributed by atoms with E-state index in [9.17, 15) is 5.26 Å². The number of methoxy groups -OCH3 is 1. The van der Waals surface area contributed by atoms with Crippen LogP contribution in [0.25, 0.3) is 0 Å². The zero-order valence-corrected chi connectivity index (χ0v) is 17.1. The smallest absolute Gasteiger partial charge is 0.155 e. The van der Waals surface area contributed by atoms with Crippen LogP contribution in [0, 0.1) is 45.8 Å². The number of ether oxygens (including phenoxy) is 2. The van der Waals surface area contributed by atoms with Gasteiger partial charge >= 0.3 is 0 Å². The van der Waals surface area contributed by atoms with E-state index in [4.69, 9.17) is 9.47 Å². The summed E-state index contributed by atoms with van der Waals surface area (Å²) in [6, 6.07) is 2.50. The minimum absolute atomic E-state index is 0.0364. The van der Waals surface area contributed by atoms with Crippen LogP contribution < -0.4 is 0 Å². The van der Waals surface area contributed by atoms with E-state index in [1.807, 2.05) is 6.92 Å². The summed E-state index contributed by atoms with van der Waals surface area (Å²) in [5.74, 6) is 2.28. The van der Waals surface area contributed by atoms with E-state index in [1.165, 1.54) is 38.5 Å². The normalized spacial score (nSPS) is 44.1. The topological polar surface area (TPSA) is 42.2 Å². The molecule has 142 valence electrons. The molecule has 3 heteroatoms. The molecule has 5 unspecified atom stereocenters. The van der Waals surface area contributed by atoms with Gasteiger partial charge in [0.1, 0.15) is 0 Å². The van der Waals surface area contributed by atoms with Crippen LogP contribution in [0.3, 0.4) is 0 Å². The molecule has 0 amide bonds. The van der Waals surface area contributed by atoms with Gasteiger partial charge in [-0.1, -0.05) is 20.3 Å². The summed E-state index contributed by atoms with van der Waals surface area (Å²) in [6.45, 7) is 11.3. The average Bonchev–Trinajstić information content (AvgIpc) is 2.58. The fourth-order valence-corrected chi connectivity index (χ4v) is 6.98. The molecule has 0 aromatic rings. The van der Waals surface area contributed by atoms with E-state index in [2.05, 4.69) is 33.8 Å². The second kappa shape index (κ2) is 6.54. The molecular formula is C22H37NO2. The Bertz CT molecular complexity index is 523. The van der Waals surface area contributed by atoms with Gasteiger partial charge in [-0.05, 0) is 87.9 Å². The summed E-state index contributed by atoms with van der Waals surface area (Å²) >= 11 is 0. The van der Waals surface area contributed by atoms with Gasteiger partial charge in [-0.15, -0.1) is 0 Å². The maximum Gasteiger partial charge on any atom is 0.155 e. The second-order valence-electron chi connectivity index (χ2n) is 9.88. The molecule has 4 fully saturated rings. The van der Waals surface area contributed by atoms with E-state index in [0.717, 1.165) is 12.3 Å². The van der Waals surface area contributed by atoms with Crippen LogP contribution in [-0.4, -0.2) is 19.0 Å². The van der Waals surface area contributed by atoms with Crippen molar-refractivity contribution in [3.8, 4) is 6.07 Å².